The van der Waals surface area contributed by atoms with E-state index in [9.17, 15) is 4.79 Å². The van der Waals surface area contributed by atoms with Gasteiger partial charge in [-0.15, -0.1) is 0 Å². The summed E-state index contributed by atoms with van der Waals surface area (Å²) in [5.41, 5.74) is 2.76. The van der Waals surface area contributed by atoms with Gasteiger partial charge in [-0.25, -0.2) is 0 Å². The highest BCUT2D eigenvalue weighted by molar-refractivity contribution is 6.39. The van der Waals surface area contributed by atoms with Crippen LogP contribution < -0.4 is 5.32 Å². The number of amides is 1. The quantitative estimate of drug-likeness (QED) is 0.610. The Hall–Kier alpha value is -2.30. The first-order chi connectivity index (χ1) is 10.7. The van der Waals surface area contributed by atoms with Gasteiger partial charge in [0.1, 0.15) is 12.8 Å². The van der Waals surface area contributed by atoms with E-state index in [-0.39, 0.29) is 11.8 Å². The highest BCUT2D eigenvalue weighted by Crippen LogP contribution is 2.17. The highest BCUT2D eigenvalue weighted by atomic mass is 16.6. The van der Waals surface area contributed by atoms with Crippen LogP contribution in [0.2, 0.25) is 0 Å². The fourth-order valence-corrected chi connectivity index (χ4v) is 2.39. The van der Waals surface area contributed by atoms with Crippen LogP contribution in [0.5, 0.6) is 0 Å². The summed E-state index contributed by atoms with van der Waals surface area (Å²) >= 11 is 0. The zero-order valence-electron chi connectivity index (χ0n) is 13.3. The van der Waals surface area contributed by atoms with Crippen LogP contribution in [0.4, 0.5) is 0 Å². The van der Waals surface area contributed by atoms with Crippen molar-refractivity contribution in [3.63, 3.8) is 0 Å². The Bertz CT molecular complexity index is 661. The van der Waals surface area contributed by atoms with Gasteiger partial charge in [0.05, 0.1) is 0 Å². The molecule has 1 unspecified atom stereocenters. The van der Waals surface area contributed by atoms with Gasteiger partial charge in [0, 0.05) is 29.6 Å². The van der Waals surface area contributed by atoms with Gasteiger partial charge in [0.25, 0.3) is 5.91 Å². The maximum atomic E-state index is 12.2. The van der Waals surface area contributed by atoms with E-state index in [1.54, 1.807) is 0 Å². The highest BCUT2D eigenvalue weighted by Gasteiger charge is 2.18. The molecule has 0 fully saturated rings. The van der Waals surface area contributed by atoms with E-state index in [4.69, 9.17) is 4.84 Å². The minimum absolute atomic E-state index is 0.0769. The Labute approximate surface area is 130 Å². The second kappa shape index (κ2) is 7.64. The number of benzene rings is 1. The second-order valence-electron chi connectivity index (χ2n) is 5.33. The number of aromatic nitrogens is 1. The second-order valence-corrected chi connectivity index (χ2v) is 5.33. The number of fused-ring (bicyclic) bond motifs is 1. The van der Waals surface area contributed by atoms with Gasteiger partial charge in [-0.3, -0.25) is 4.79 Å². The summed E-state index contributed by atoms with van der Waals surface area (Å²) in [6.07, 6.45) is 3.62. The average Bonchev–Trinajstić information content (AvgIpc) is 2.95. The molecule has 1 aromatic heterocycles. The molecule has 0 saturated heterocycles. The van der Waals surface area contributed by atoms with Crippen molar-refractivity contribution in [1.82, 2.24) is 10.3 Å². The van der Waals surface area contributed by atoms with Crippen LogP contribution in [0.1, 0.15) is 25.8 Å². The van der Waals surface area contributed by atoms with Gasteiger partial charge < -0.3 is 15.1 Å². The van der Waals surface area contributed by atoms with Gasteiger partial charge in [0.15, 0.2) is 0 Å². The van der Waals surface area contributed by atoms with E-state index < -0.39 is 0 Å². The molecule has 1 amide bonds. The molecule has 2 rings (SSSR count). The van der Waals surface area contributed by atoms with Crippen molar-refractivity contribution < 1.29 is 9.63 Å². The minimum atomic E-state index is -0.156. The van der Waals surface area contributed by atoms with Crippen molar-refractivity contribution in [2.24, 2.45) is 11.1 Å². The molecule has 2 N–H and O–H groups in total. The fraction of sp³-hybridized carbons (Fsp3) is 0.412. The molecule has 0 aliphatic rings. The molecule has 0 aliphatic carbocycles. The first kappa shape index (κ1) is 16.1. The summed E-state index contributed by atoms with van der Waals surface area (Å²) in [6, 6.07) is 8.15. The molecule has 0 radical (unpaired) electrons. The smallest absolute Gasteiger partial charge is 0.269 e. The van der Waals surface area contributed by atoms with Crippen molar-refractivity contribution >= 4 is 22.5 Å². The molecule has 5 nitrogen and oxygen atoms in total. The number of hydrogen-bond acceptors (Lipinski definition) is 3. The van der Waals surface area contributed by atoms with Crippen molar-refractivity contribution in [2.45, 2.75) is 26.7 Å². The summed E-state index contributed by atoms with van der Waals surface area (Å²) in [4.78, 5) is 20.2. The van der Waals surface area contributed by atoms with Crippen LogP contribution in [-0.2, 0) is 16.1 Å². The molecule has 0 aliphatic heterocycles. The van der Waals surface area contributed by atoms with E-state index in [0.29, 0.717) is 12.3 Å². The van der Waals surface area contributed by atoms with Crippen LogP contribution in [0, 0.1) is 5.92 Å². The third-order valence-corrected chi connectivity index (χ3v) is 3.86. The van der Waals surface area contributed by atoms with Gasteiger partial charge in [-0.2, -0.15) is 0 Å². The lowest BCUT2D eigenvalue weighted by Crippen LogP contribution is -2.36. The Morgan fingerprint density at radius 3 is 2.91 bits per heavy atom. The third-order valence-electron chi connectivity index (χ3n) is 3.86. The van der Waals surface area contributed by atoms with Crippen LogP contribution in [0.15, 0.2) is 35.6 Å². The lowest BCUT2D eigenvalue weighted by atomic mass is 10.0. The van der Waals surface area contributed by atoms with E-state index in [1.165, 1.54) is 18.1 Å². The molecule has 0 bridgehead atoms. The number of oxime groups is 1. The summed E-state index contributed by atoms with van der Waals surface area (Å²) in [7, 11) is 1.46. The molecule has 1 aromatic carbocycles. The van der Waals surface area contributed by atoms with Gasteiger partial charge >= 0.3 is 0 Å². The van der Waals surface area contributed by atoms with E-state index in [1.807, 2.05) is 38.2 Å². The van der Waals surface area contributed by atoms with Crippen molar-refractivity contribution in [3.05, 3.63) is 36.0 Å². The SMILES string of the molecule is CCC(C)/C(=N\OC)C(=O)NCCc1c[nH]c2ccccc12. The fourth-order valence-electron chi connectivity index (χ4n) is 2.39. The monoisotopic (exact) mass is 301 g/mol. The van der Waals surface area contributed by atoms with Crippen molar-refractivity contribution in [3.8, 4) is 0 Å². The number of nitrogens with zero attached hydrogens (tertiary/aromatic N) is 1. The molecule has 5 heteroatoms. The molecule has 118 valence electrons. The summed E-state index contributed by atoms with van der Waals surface area (Å²) in [5.74, 6) is -0.0796. The molecule has 1 heterocycles. The summed E-state index contributed by atoms with van der Waals surface area (Å²) in [5, 5.41) is 7.98. The first-order valence-electron chi connectivity index (χ1n) is 7.61. The van der Waals surface area contributed by atoms with Crippen molar-refractivity contribution in [2.75, 3.05) is 13.7 Å². The van der Waals surface area contributed by atoms with Crippen LogP contribution in [-0.4, -0.2) is 30.3 Å². The Kier molecular flexibility index (Phi) is 5.58. The number of para-hydroxylation sites is 1. The Morgan fingerprint density at radius 2 is 2.18 bits per heavy atom. The number of carbonyl (C=O) groups is 1. The number of H-pyrrole nitrogens is 1. The van der Waals surface area contributed by atoms with Crippen molar-refractivity contribution in [1.29, 1.82) is 0 Å². The summed E-state index contributed by atoms with van der Waals surface area (Å²) < 4.78 is 0. The molecular weight excluding hydrogens is 278 g/mol. The molecule has 0 saturated carbocycles. The minimum Gasteiger partial charge on any atom is -0.399 e. The number of nitrogens with one attached hydrogen (secondary N) is 2. The Morgan fingerprint density at radius 1 is 1.41 bits per heavy atom. The lowest BCUT2D eigenvalue weighted by molar-refractivity contribution is -0.115. The normalized spacial score (nSPS) is 13.1. The van der Waals surface area contributed by atoms with Gasteiger partial charge in [0.2, 0.25) is 0 Å². The number of aromatic amines is 1. The largest absolute Gasteiger partial charge is 0.399 e. The molecule has 0 spiro atoms. The molecule has 1 atom stereocenters. The zero-order chi connectivity index (χ0) is 15.9. The lowest BCUT2D eigenvalue weighted by Gasteiger charge is -2.12. The number of carbonyl (C=O) groups excluding carboxylic acids is 1. The van der Waals surface area contributed by atoms with Crippen LogP contribution in [0.3, 0.4) is 0 Å². The maximum absolute atomic E-state index is 12.2. The standard InChI is InChI=1S/C17H23N3O2/c1-4-12(2)16(20-22-3)17(21)18-10-9-13-11-19-15-8-6-5-7-14(13)15/h5-8,11-12,19H,4,9-10H2,1-3H3,(H,18,21)/b20-16+. The van der Waals surface area contributed by atoms with E-state index >= 15 is 0 Å². The van der Waals surface area contributed by atoms with E-state index in [0.717, 1.165) is 18.4 Å². The van der Waals surface area contributed by atoms with Crippen LogP contribution >= 0.6 is 0 Å². The topological polar surface area (TPSA) is 66.5 Å². The molecule has 2 aromatic rings. The van der Waals surface area contributed by atoms with Gasteiger partial charge in [-0.1, -0.05) is 37.2 Å². The Balaban J connectivity index is 1.95. The molecular formula is C17H23N3O2. The zero-order valence-corrected chi connectivity index (χ0v) is 13.3. The average molecular weight is 301 g/mol. The van der Waals surface area contributed by atoms with Gasteiger partial charge in [-0.05, 0) is 24.5 Å². The molecule has 22 heavy (non-hydrogen) atoms. The third kappa shape index (κ3) is 3.67. The number of rotatable bonds is 7. The number of hydrogen-bond donors (Lipinski definition) is 2. The predicted octanol–water partition coefficient (Wildman–Crippen LogP) is 2.88. The van der Waals surface area contributed by atoms with Crippen LogP contribution in [0.25, 0.3) is 10.9 Å². The first-order valence-corrected chi connectivity index (χ1v) is 7.61. The maximum Gasteiger partial charge on any atom is 0.269 e. The summed E-state index contributed by atoms with van der Waals surface area (Å²) in [6.45, 7) is 4.56. The predicted molar refractivity (Wildman–Crippen MR) is 88.9 cm³/mol. The van der Waals surface area contributed by atoms with E-state index in [2.05, 4.69) is 21.5 Å².